The Morgan fingerprint density at radius 2 is 0.900 bits per heavy atom. The van der Waals surface area contributed by atoms with Gasteiger partial charge >= 0.3 is 0 Å². The highest BCUT2D eigenvalue weighted by molar-refractivity contribution is 7.00. The van der Waals surface area contributed by atoms with Crippen LogP contribution in [0.2, 0.25) is 0 Å². The lowest BCUT2D eigenvalue weighted by Gasteiger charge is -2.34. The molecule has 3 nitrogen and oxygen atoms in total. The first kappa shape index (κ1) is 34.1. The molecule has 0 radical (unpaired) electrons. The van der Waals surface area contributed by atoms with Crippen LogP contribution < -0.4 is 16.4 Å². The topological polar surface area (TPSA) is 14.8 Å². The van der Waals surface area contributed by atoms with E-state index in [0.29, 0.717) is 0 Å². The van der Waals surface area contributed by atoms with Crippen molar-refractivity contribution in [2.24, 2.45) is 0 Å². The van der Waals surface area contributed by atoms with Gasteiger partial charge in [-0.25, -0.2) is 0 Å². The zero-order valence-electron chi connectivity index (χ0n) is 34.9. The number of aromatic nitrogens is 3. The molecule has 0 spiro atoms. The molecule has 2 aliphatic rings. The summed E-state index contributed by atoms with van der Waals surface area (Å²) in [6.45, 7) is 14.1. The predicted octanol–water partition coefficient (Wildman–Crippen LogP) is 12.4. The summed E-state index contributed by atoms with van der Waals surface area (Å²) in [7, 11) is 0. The van der Waals surface area contributed by atoms with Gasteiger partial charge in [-0.2, -0.15) is 0 Å². The minimum atomic E-state index is -0.00263. The average Bonchev–Trinajstić information content (AvgIpc) is 3.90. The van der Waals surface area contributed by atoms with Crippen LogP contribution >= 0.6 is 0 Å². The first-order valence-electron chi connectivity index (χ1n) is 21.5. The second-order valence-electron chi connectivity index (χ2n) is 19.4. The molecule has 2 aliphatic heterocycles. The number of fused-ring (bicyclic) bond motifs is 14. The molecule has 0 atom stereocenters. The fraction of sp³-hybridized carbons (Fsp3) is 0.143. The second-order valence-corrected chi connectivity index (χ2v) is 19.4. The van der Waals surface area contributed by atoms with E-state index >= 15 is 0 Å². The molecular weight excluding hydrogens is 725 g/mol. The van der Waals surface area contributed by atoms with Crippen molar-refractivity contribution in [1.29, 1.82) is 0 Å². The van der Waals surface area contributed by atoms with Gasteiger partial charge in [0, 0.05) is 54.9 Å². The Morgan fingerprint density at radius 1 is 0.383 bits per heavy atom. The van der Waals surface area contributed by atoms with Crippen LogP contribution in [-0.4, -0.2) is 20.4 Å². The lowest BCUT2D eigenvalue weighted by molar-refractivity contribution is 0.569. The van der Waals surface area contributed by atoms with Crippen molar-refractivity contribution >= 4 is 88.5 Å². The van der Waals surface area contributed by atoms with E-state index in [-0.39, 0.29) is 17.5 Å². The lowest BCUT2D eigenvalue weighted by Crippen LogP contribution is -2.59. The predicted molar refractivity (Wildman–Crippen MR) is 257 cm³/mol. The summed E-state index contributed by atoms with van der Waals surface area (Å²) in [6, 6.07) is 60.1. The van der Waals surface area contributed by atoms with Crippen LogP contribution in [0.4, 0.5) is 0 Å². The molecule has 4 heteroatoms. The molecule has 0 aliphatic carbocycles. The van der Waals surface area contributed by atoms with Gasteiger partial charge in [0.15, 0.2) is 0 Å². The minimum Gasteiger partial charge on any atom is -0.310 e. The average molecular weight is 770 g/mol. The van der Waals surface area contributed by atoms with Crippen LogP contribution in [0.15, 0.2) is 158 Å². The zero-order chi connectivity index (χ0) is 40.4. The Bertz CT molecular complexity index is 3640. The summed E-state index contributed by atoms with van der Waals surface area (Å²) in [5.74, 6) is 0. The van der Waals surface area contributed by atoms with Gasteiger partial charge in [0.2, 0.25) is 0 Å². The highest BCUT2D eigenvalue weighted by Crippen LogP contribution is 2.46. The van der Waals surface area contributed by atoms with Crippen molar-refractivity contribution in [3.8, 4) is 28.2 Å². The van der Waals surface area contributed by atoms with Crippen LogP contribution in [0.3, 0.4) is 0 Å². The molecule has 0 fully saturated rings. The second kappa shape index (κ2) is 11.5. The molecule has 0 amide bonds. The van der Waals surface area contributed by atoms with Gasteiger partial charge in [-0.1, -0.05) is 151 Å². The molecular formula is C56H44BN3. The lowest BCUT2D eigenvalue weighted by atomic mass is 9.34. The van der Waals surface area contributed by atoms with Gasteiger partial charge in [-0.3, -0.25) is 0 Å². The molecule has 286 valence electrons. The first-order valence-corrected chi connectivity index (χ1v) is 21.5. The summed E-state index contributed by atoms with van der Waals surface area (Å²) in [5.41, 5.74) is 20.7. The van der Waals surface area contributed by atoms with E-state index in [9.17, 15) is 0 Å². The van der Waals surface area contributed by atoms with Crippen molar-refractivity contribution in [3.05, 3.63) is 169 Å². The van der Waals surface area contributed by atoms with Gasteiger partial charge in [0.25, 0.3) is 6.71 Å². The molecule has 11 aromatic rings. The van der Waals surface area contributed by atoms with E-state index in [0.717, 1.165) is 0 Å². The van der Waals surface area contributed by atoms with Crippen molar-refractivity contribution < 1.29 is 0 Å². The Morgan fingerprint density at radius 3 is 1.55 bits per heavy atom. The molecule has 0 saturated carbocycles. The van der Waals surface area contributed by atoms with Crippen molar-refractivity contribution in [2.45, 2.75) is 52.4 Å². The summed E-state index contributed by atoms with van der Waals surface area (Å²) >= 11 is 0. The maximum Gasteiger partial charge on any atom is 0.252 e. The summed E-state index contributed by atoms with van der Waals surface area (Å²) < 4.78 is 7.74. The molecule has 13 rings (SSSR count). The molecule has 0 unspecified atom stereocenters. The van der Waals surface area contributed by atoms with Crippen LogP contribution in [-0.2, 0) is 10.8 Å². The first-order chi connectivity index (χ1) is 29.1. The normalized spacial score (nSPS) is 13.5. The summed E-state index contributed by atoms with van der Waals surface area (Å²) in [6.07, 6.45) is 0. The highest BCUT2D eigenvalue weighted by atomic mass is 15.0. The molecule has 8 aromatic carbocycles. The molecule has 5 heterocycles. The van der Waals surface area contributed by atoms with Crippen LogP contribution in [0.1, 0.15) is 52.7 Å². The fourth-order valence-electron chi connectivity index (χ4n) is 11.1. The quantitative estimate of drug-likeness (QED) is 0.156. The molecule has 0 bridgehead atoms. The molecule has 3 aromatic heterocycles. The van der Waals surface area contributed by atoms with Crippen LogP contribution in [0.5, 0.6) is 0 Å². The molecule has 0 N–H and O–H groups in total. The van der Waals surface area contributed by atoms with Crippen molar-refractivity contribution in [1.82, 2.24) is 13.7 Å². The van der Waals surface area contributed by atoms with Gasteiger partial charge in [-0.05, 0) is 98.0 Å². The van der Waals surface area contributed by atoms with Crippen LogP contribution in [0, 0.1) is 0 Å². The number of nitrogens with zero attached hydrogens (tertiary/aromatic N) is 3. The van der Waals surface area contributed by atoms with E-state index in [2.05, 4.69) is 213 Å². The van der Waals surface area contributed by atoms with E-state index in [4.69, 9.17) is 0 Å². The van der Waals surface area contributed by atoms with Crippen molar-refractivity contribution in [3.63, 3.8) is 0 Å². The SMILES string of the molecule is CC(C)(C)c1cc(-c2cc3c4c(c2)-n2c5ccccc5c5c6c7ccccc7n(-c7ccccc7)c6cc(c52)B4c2cccc4c5ccccc5n-3c24)cc(C(C)(C)C)c1. The largest absolute Gasteiger partial charge is 0.310 e. The van der Waals surface area contributed by atoms with Gasteiger partial charge in [0.1, 0.15) is 0 Å². The van der Waals surface area contributed by atoms with E-state index in [1.807, 2.05) is 0 Å². The molecule has 0 saturated heterocycles. The van der Waals surface area contributed by atoms with Gasteiger partial charge in [0.05, 0.1) is 27.6 Å². The third-order valence-corrected chi connectivity index (χ3v) is 13.9. The smallest absolute Gasteiger partial charge is 0.252 e. The number of hydrogen-bond acceptors (Lipinski definition) is 0. The van der Waals surface area contributed by atoms with Gasteiger partial charge < -0.3 is 13.7 Å². The highest BCUT2D eigenvalue weighted by Gasteiger charge is 2.42. The Labute approximate surface area is 350 Å². The van der Waals surface area contributed by atoms with Crippen molar-refractivity contribution in [2.75, 3.05) is 0 Å². The number of hydrogen-bond donors (Lipinski definition) is 0. The van der Waals surface area contributed by atoms with Crippen LogP contribution in [0.25, 0.3) is 93.6 Å². The number of benzene rings is 8. The summed E-state index contributed by atoms with van der Waals surface area (Å²) in [5, 5.41) is 7.84. The maximum atomic E-state index is 2.64. The summed E-state index contributed by atoms with van der Waals surface area (Å²) in [4.78, 5) is 0. The van der Waals surface area contributed by atoms with Gasteiger partial charge in [-0.15, -0.1) is 0 Å². The number of rotatable bonds is 2. The van der Waals surface area contributed by atoms with E-state index < -0.39 is 0 Å². The van der Waals surface area contributed by atoms with E-state index in [1.54, 1.807) is 0 Å². The molecule has 60 heavy (non-hydrogen) atoms. The standard InChI is InChI=1S/C56H44BN3/c1-55(2,3)35-27-33(28-36(31-35)56(4,5)6)34-29-48-52-49(30-34)60-46-26-15-12-21-41(46)51-50-40-20-11-14-25-45(40)58(37-17-8-7-9-18-37)47(50)32-43(54(51)60)57(52)42-23-16-22-39-38-19-10-13-24-44(38)59(48)53(39)42/h7-32H,1-6H3. The maximum absolute atomic E-state index is 2.64. The minimum absolute atomic E-state index is 0.00263. The Balaban J connectivity index is 1.26. The zero-order valence-corrected chi connectivity index (χ0v) is 34.9. The van der Waals surface area contributed by atoms with E-state index in [1.165, 1.54) is 121 Å². The number of para-hydroxylation sites is 5. The Kier molecular flexibility index (Phi) is 6.53. The third kappa shape index (κ3) is 4.36. The third-order valence-electron chi connectivity index (χ3n) is 13.9. The Hall–Kier alpha value is -6.78. The monoisotopic (exact) mass is 769 g/mol. The fourth-order valence-corrected chi connectivity index (χ4v) is 11.1.